The van der Waals surface area contributed by atoms with E-state index < -0.39 is 0 Å². The molecule has 0 aliphatic rings. The Morgan fingerprint density at radius 3 is 2.86 bits per heavy atom. The highest BCUT2D eigenvalue weighted by Crippen LogP contribution is 1.96. The van der Waals surface area contributed by atoms with Crippen LogP contribution in [0, 0.1) is 12.8 Å². The van der Waals surface area contributed by atoms with Crippen molar-refractivity contribution in [1.82, 2.24) is 15.3 Å². The number of aryl methyl sites for hydroxylation is 1. The van der Waals surface area contributed by atoms with Crippen molar-refractivity contribution in [2.45, 2.75) is 27.2 Å². The lowest BCUT2D eigenvalue weighted by atomic mass is 10.2. The molecule has 0 unspecified atom stereocenters. The Kier molecular flexibility index (Phi) is 3.68. The fourth-order valence-corrected chi connectivity index (χ4v) is 1.12. The van der Waals surface area contributed by atoms with Crippen LogP contribution in [0.5, 0.6) is 0 Å². The largest absolute Gasteiger partial charge is 0.355 e. The van der Waals surface area contributed by atoms with Gasteiger partial charge in [0.1, 0.15) is 5.82 Å². The van der Waals surface area contributed by atoms with Crippen molar-refractivity contribution < 1.29 is 4.79 Å². The van der Waals surface area contributed by atoms with Gasteiger partial charge in [-0.2, -0.15) is 0 Å². The molecule has 0 aliphatic carbocycles. The minimum Gasteiger partial charge on any atom is -0.355 e. The summed E-state index contributed by atoms with van der Waals surface area (Å²) in [5.41, 5.74) is 1.06. The molecule has 1 heterocycles. The number of carbonyl (C=O) groups excluding carboxylic acids is 1. The number of H-pyrrole nitrogens is 1. The predicted octanol–water partition coefficient (Wildman–Crippen LogP) is 1.03. The number of aromatic nitrogens is 2. The number of aromatic amines is 1. The Balaban J connectivity index is 2.25. The van der Waals surface area contributed by atoms with Gasteiger partial charge in [0.2, 0.25) is 5.91 Å². The van der Waals surface area contributed by atoms with Crippen LogP contribution in [0.2, 0.25) is 0 Å². The molecule has 1 aromatic heterocycles. The van der Waals surface area contributed by atoms with Gasteiger partial charge in [0.25, 0.3) is 0 Å². The molecule has 1 amide bonds. The summed E-state index contributed by atoms with van der Waals surface area (Å²) in [6.07, 6.45) is 2.61. The number of nitrogens with one attached hydrogen (secondary N) is 2. The fourth-order valence-electron chi connectivity index (χ4n) is 1.12. The molecule has 0 saturated carbocycles. The fraction of sp³-hybridized carbons (Fsp3) is 0.600. The molecule has 0 atom stereocenters. The predicted molar refractivity (Wildman–Crippen MR) is 54.9 cm³/mol. The quantitative estimate of drug-likeness (QED) is 0.754. The van der Waals surface area contributed by atoms with Gasteiger partial charge in [0, 0.05) is 30.8 Å². The summed E-state index contributed by atoms with van der Waals surface area (Å²) in [6, 6.07) is 0. The van der Waals surface area contributed by atoms with Gasteiger partial charge in [-0.15, -0.1) is 0 Å². The summed E-state index contributed by atoms with van der Waals surface area (Å²) in [6.45, 7) is 6.35. The van der Waals surface area contributed by atoms with E-state index in [1.807, 2.05) is 20.8 Å². The van der Waals surface area contributed by atoms with Crippen molar-refractivity contribution >= 4 is 5.91 Å². The molecule has 4 nitrogen and oxygen atoms in total. The molecule has 14 heavy (non-hydrogen) atoms. The highest BCUT2D eigenvalue weighted by Gasteiger charge is 2.05. The standard InChI is InChI=1S/C10H17N3O/c1-7(2)10(14)11-5-4-9-6-12-8(3)13-9/h6-7H,4-5H2,1-3H3,(H,11,14)(H,12,13). The lowest BCUT2D eigenvalue weighted by molar-refractivity contribution is -0.123. The second-order valence-electron chi connectivity index (χ2n) is 3.69. The minimum atomic E-state index is 0.0542. The summed E-state index contributed by atoms with van der Waals surface area (Å²) in [4.78, 5) is 18.4. The maximum Gasteiger partial charge on any atom is 0.222 e. The smallest absolute Gasteiger partial charge is 0.222 e. The zero-order chi connectivity index (χ0) is 10.6. The topological polar surface area (TPSA) is 57.8 Å². The first-order chi connectivity index (χ1) is 6.59. The lowest BCUT2D eigenvalue weighted by Gasteiger charge is -2.05. The maximum absolute atomic E-state index is 11.2. The van der Waals surface area contributed by atoms with Crippen molar-refractivity contribution in [3.05, 3.63) is 17.7 Å². The van der Waals surface area contributed by atoms with Crippen LogP contribution < -0.4 is 5.32 Å². The van der Waals surface area contributed by atoms with Crippen LogP contribution in [0.25, 0.3) is 0 Å². The molecule has 0 bridgehead atoms. The third kappa shape index (κ3) is 3.20. The van der Waals surface area contributed by atoms with Gasteiger partial charge in [0.15, 0.2) is 0 Å². The number of nitrogens with zero attached hydrogens (tertiary/aromatic N) is 1. The third-order valence-electron chi connectivity index (χ3n) is 1.97. The molecular formula is C10H17N3O. The van der Waals surface area contributed by atoms with Crippen molar-refractivity contribution in [2.24, 2.45) is 5.92 Å². The SMILES string of the molecule is Cc1ncc(CCNC(=O)C(C)C)[nH]1. The monoisotopic (exact) mass is 195 g/mol. The van der Waals surface area contributed by atoms with Crippen LogP contribution in [0.15, 0.2) is 6.20 Å². The summed E-state index contributed by atoms with van der Waals surface area (Å²) in [5.74, 6) is 1.06. The minimum absolute atomic E-state index is 0.0542. The molecule has 2 N–H and O–H groups in total. The Morgan fingerprint density at radius 2 is 2.36 bits per heavy atom. The van der Waals surface area contributed by atoms with E-state index in [0.29, 0.717) is 6.54 Å². The molecular weight excluding hydrogens is 178 g/mol. The molecule has 0 radical (unpaired) electrons. The van der Waals surface area contributed by atoms with Crippen LogP contribution in [-0.4, -0.2) is 22.4 Å². The first kappa shape index (κ1) is 10.8. The molecule has 1 rings (SSSR count). The molecule has 0 fully saturated rings. The van der Waals surface area contributed by atoms with E-state index in [4.69, 9.17) is 0 Å². The van der Waals surface area contributed by atoms with E-state index in [1.165, 1.54) is 0 Å². The molecule has 0 aromatic carbocycles. The number of amides is 1. The van der Waals surface area contributed by atoms with Crippen molar-refractivity contribution in [2.75, 3.05) is 6.54 Å². The number of hydrogen-bond donors (Lipinski definition) is 2. The van der Waals surface area contributed by atoms with Crippen molar-refractivity contribution in [1.29, 1.82) is 0 Å². The Morgan fingerprint density at radius 1 is 1.64 bits per heavy atom. The second kappa shape index (κ2) is 4.79. The van der Waals surface area contributed by atoms with E-state index in [2.05, 4.69) is 15.3 Å². The van der Waals surface area contributed by atoms with Gasteiger partial charge in [-0.25, -0.2) is 4.98 Å². The van der Waals surface area contributed by atoms with Gasteiger partial charge in [-0.3, -0.25) is 4.79 Å². The van der Waals surface area contributed by atoms with Gasteiger partial charge in [-0.1, -0.05) is 13.8 Å². The van der Waals surface area contributed by atoms with E-state index in [0.717, 1.165) is 17.9 Å². The van der Waals surface area contributed by atoms with Crippen LogP contribution in [0.3, 0.4) is 0 Å². The summed E-state index contributed by atoms with van der Waals surface area (Å²) >= 11 is 0. The number of rotatable bonds is 4. The van der Waals surface area contributed by atoms with Gasteiger partial charge in [0.05, 0.1) is 0 Å². The molecule has 4 heteroatoms. The normalized spacial score (nSPS) is 10.6. The number of imidazole rings is 1. The Labute approximate surface area is 84.1 Å². The first-order valence-corrected chi connectivity index (χ1v) is 4.88. The van der Waals surface area contributed by atoms with Crippen LogP contribution in [-0.2, 0) is 11.2 Å². The molecule has 0 aliphatic heterocycles. The first-order valence-electron chi connectivity index (χ1n) is 4.88. The molecule has 78 valence electrons. The van der Waals surface area contributed by atoms with Crippen LogP contribution in [0.1, 0.15) is 25.4 Å². The van der Waals surface area contributed by atoms with E-state index in [9.17, 15) is 4.79 Å². The van der Waals surface area contributed by atoms with Gasteiger partial charge >= 0.3 is 0 Å². The summed E-state index contributed by atoms with van der Waals surface area (Å²) in [5, 5.41) is 2.85. The third-order valence-corrected chi connectivity index (χ3v) is 1.97. The van der Waals surface area contributed by atoms with Crippen LogP contribution in [0.4, 0.5) is 0 Å². The molecule has 0 saturated heterocycles. The van der Waals surface area contributed by atoms with E-state index >= 15 is 0 Å². The summed E-state index contributed by atoms with van der Waals surface area (Å²) < 4.78 is 0. The van der Waals surface area contributed by atoms with Gasteiger partial charge in [-0.05, 0) is 6.92 Å². The average molecular weight is 195 g/mol. The zero-order valence-corrected chi connectivity index (χ0v) is 8.92. The average Bonchev–Trinajstić information content (AvgIpc) is 2.51. The summed E-state index contributed by atoms with van der Waals surface area (Å²) in [7, 11) is 0. The molecule has 0 spiro atoms. The number of hydrogen-bond acceptors (Lipinski definition) is 2. The second-order valence-corrected chi connectivity index (χ2v) is 3.69. The number of carbonyl (C=O) groups is 1. The molecule has 1 aromatic rings. The Hall–Kier alpha value is -1.32. The van der Waals surface area contributed by atoms with Crippen molar-refractivity contribution in [3.63, 3.8) is 0 Å². The highest BCUT2D eigenvalue weighted by molar-refractivity contribution is 5.77. The lowest BCUT2D eigenvalue weighted by Crippen LogP contribution is -2.29. The van der Waals surface area contributed by atoms with Gasteiger partial charge < -0.3 is 10.3 Å². The zero-order valence-electron chi connectivity index (χ0n) is 8.92. The van der Waals surface area contributed by atoms with Crippen LogP contribution >= 0.6 is 0 Å². The van der Waals surface area contributed by atoms with E-state index in [-0.39, 0.29) is 11.8 Å². The van der Waals surface area contributed by atoms with E-state index in [1.54, 1.807) is 6.20 Å². The highest BCUT2D eigenvalue weighted by atomic mass is 16.1. The Bertz CT molecular complexity index is 304. The maximum atomic E-state index is 11.2. The van der Waals surface area contributed by atoms with Crippen molar-refractivity contribution in [3.8, 4) is 0 Å².